The second-order valence-corrected chi connectivity index (χ2v) is 3.32. The highest BCUT2D eigenvalue weighted by Crippen LogP contribution is 2.22. The molecule has 0 saturated heterocycles. The van der Waals surface area contributed by atoms with Gasteiger partial charge in [-0.2, -0.15) is 5.10 Å². The van der Waals surface area contributed by atoms with Gasteiger partial charge in [-0.05, 0) is 13.0 Å². The van der Waals surface area contributed by atoms with E-state index in [1.54, 1.807) is 11.0 Å². The quantitative estimate of drug-likeness (QED) is 0.797. The molecule has 2 aromatic heterocycles. The molecule has 5 heteroatoms. The molecule has 0 fully saturated rings. The first-order valence-electron chi connectivity index (χ1n) is 4.71. The number of nitrogens with zero attached hydrogens (tertiary/aromatic N) is 4. The summed E-state index contributed by atoms with van der Waals surface area (Å²) in [6, 6.07) is 1.94. The van der Waals surface area contributed by atoms with Gasteiger partial charge < -0.3 is 5.32 Å². The number of hydrogen-bond donors (Lipinski definition) is 1. The van der Waals surface area contributed by atoms with Gasteiger partial charge >= 0.3 is 0 Å². The molecule has 0 amide bonds. The van der Waals surface area contributed by atoms with E-state index in [0.717, 1.165) is 22.8 Å². The summed E-state index contributed by atoms with van der Waals surface area (Å²) in [5, 5.41) is 7.34. The Bertz CT molecular complexity index is 474. The van der Waals surface area contributed by atoms with Crippen LogP contribution in [0.2, 0.25) is 0 Å². The summed E-state index contributed by atoms with van der Waals surface area (Å²) in [7, 11) is 3.73. The lowest BCUT2D eigenvalue weighted by atomic mass is 10.2. The molecule has 5 nitrogen and oxygen atoms in total. The Balaban J connectivity index is 2.53. The molecule has 0 radical (unpaired) electrons. The Morgan fingerprint density at radius 1 is 1.33 bits per heavy atom. The standard InChI is InChI=1S/C10H13N5/c1-7-9(8-4-5-15(3)14-8)12-6-13-10(7)11-2/h4-6H,1-3H3,(H,11,12,13). The van der Waals surface area contributed by atoms with Gasteiger partial charge in [0, 0.05) is 25.9 Å². The second kappa shape index (κ2) is 3.68. The molecule has 0 spiro atoms. The van der Waals surface area contributed by atoms with Crippen LogP contribution in [0.25, 0.3) is 11.4 Å². The van der Waals surface area contributed by atoms with Crippen LogP contribution < -0.4 is 5.32 Å². The molecule has 0 bridgehead atoms. The molecule has 0 aliphatic heterocycles. The summed E-state index contributed by atoms with van der Waals surface area (Å²) in [4.78, 5) is 8.38. The van der Waals surface area contributed by atoms with Gasteiger partial charge in [-0.15, -0.1) is 0 Å². The van der Waals surface area contributed by atoms with Crippen molar-refractivity contribution < 1.29 is 0 Å². The van der Waals surface area contributed by atoms with Gasteiger partial charge in [-0.3, -0.25) is 4.68 Å². The van der Waals surface area contributed by atoms with Crippen LogP contribution in [-0.2, 0) is 7.05 Å². The fraction of sp³-hybridized carbons (Fsp3) is 0.300. The highest BCUT2D eigenvalue weighted by Gasteiger charge is 2.09. The number of aromatic nitrogens is 4. The van der Waals surface area contributed by atoms with Crippen molar-refractivity contribution in [3.63, 3.8) is 0 Å². The predicted octanol–water partition coefficient (Wildman–Crippen LogP) is 1.23. The largest absolute Gasteiger partial charge is 0.373 e. The minimum absolute atomic E-state index is 0.839. The summed E-state index contributed by atoms with van der Waals surface area (Å²) in [6.07, 6.45) is 3.44. The van der Waals surface area contributed by atoms with Gasteiger partial charge in [0.25, 0.3) is 0 Å². The van der Waals surface area contributed by atoms with Crippen molar-refractivity contribution in [1.29, 1.82) is 0 Å². The van der Waals surface area contributed by atoms with Crippen molar-refractivity contribution in [2.24, 2.45) is 7.05 Å². The molecular weight excluding hydrogens is 190 g/mol. The zero-order valence-electron chi connectivity index (χ0n) is 9.02. The lowest BCUT2D eigenvalue weighted by Gasteiger charge is -2.06. The zero-order valence-corrected chi connectivity index (χ0v) is 9.02. The van der Waals surface area contributed by atoms with Crippen LogP contribution in [-0.4, -0.2) is 26.8 Å². The third-order valence-electron chi connectivity index (χ3n) is 2.28. The van der Waals surface area contributed by atoms with Crippen molar-refractivity contribution in [2.75, 3.05) is 12.4 Å². The van der Waals surface area contributed by atoms with Crippen LogP contribution in [0.1, 0.15) is 5.56 Å². The molecular formula is C10H13N5. The van der Waals surface area contributed by atoms with Gasteiger partial charge in [-0.25, -0.2) is 9.97 Å². The van der Waals surface area contributed by atoms with Gasteiger partial charge in [0.1, 0.15) is 17.8 Å². The van der Waals surface area contributed by atoms with E-state index in [1.807, 2.05) is 33.3 Å². The van der Waals surface area contributed by atoms with E-state index >= 15 is 0 Å². The fourth-order valence-electron chi connectivity index (χ4n) is 1.50. The maximum atomic E-state index is 4.32. The van der Waals surface area contributed by atoms with E-state index in [9.17, 15) is 0 Å². The Morgan fingerprint density at radius 3 is 2.73 bits per heavy atom. The van der Waals surface area contributed by atoms with Crippen LogP contribution in [0, 0.1) is 6.92 Å². The molecule has 78 valence electrons. The summed E-state index contributed by atoms with van der Waals surface area (Å²) >= 11 is 0. The monoisotopic (exact) mass is 203 g/mol. The normalized spacial score (nSPS) is 10.3. The van der Waals surface area contributed by atoms with Gasteiger partial charge in [0.05, 0.1) is 5.69 Å². The number of anilines is 1. The first kappa shape index (κ1) is 9.64. The van der Waals surface area contributed by atoms with E-state index in [0.29, 0.717) is 0 Å². The number of rotatable bonds is 2. The van der Waals surface area contributed by atoms with Crippen molar-refractivity contribution >= 4 is 5.82 Å². The SMILES string of the molecule is CNc1ncnc(-c2ccn(C)n2)c1C. The van der Waals surface area contributed by atoms with Crippen molar-refractivity contribution in [2.45, 2.75) is 6.92 Å². The van der Waals surface area contributed by atoms with E-state index in [4.69, 9.17) is 0 Å². The Hall–Kier alpha value is -1.91. The average Bonchev–Trinajstić information content (AvgIpc) is 2.65. The smallest absolute Gasteiger partial charge is 0.132 e. The zero-order chi connectivity index (χ0) is 10.8. The van der Waals surface area contributed by atoms with Crippen molar-refractivity contribution in [3.8, 4) is 11.4 Å². The third-order valence-corrected chi connectivity index (χ3v) is 2.28. The number of hydrogen-bond acceptors (Lipinski definition) is 4. The molecule has 2 rings (SSSR count). The predicted molar refractivity (Wildman–Crippen MR) is 58.5 cm³/mol. The Morgan fingerprint density at radius 2 is 2.13 bits per heavy atom. The van der Waals surface area contributed by atoms with E-state index in [2.05, 4.69) is 20.4 Å². The van der Waals surface area contributed by atoms with Crippen LogP contribution in [0.3, 0.4) is 0 Å². The molecule has 0 aliphatic rings. The van der Waals surface area contributed by atoms with Crippen LogP contribution in [0.5, 0.6) is 0 Å². The minimum Gasteiger partial charge on any atom is -0.373 e. The van der Waals surface area contributed by atoms with E-state index in [-0.39, 0.29) is 0 Å². The Kier molecular flexibility index (Phi) is 2.37. The molecule has 2 aromatic rings. The molecule has 0 unspecified atom stereocenters. The van der Waals surface area contributed by atoms with E-state index < -0.39 is 0 Å². The van der Waals surface area contributed by atoms with Gasteiger partial charge in [0.15, 0.2) is 0 Å². The topological polar surface area (TPSA) is 55.6 Å². The van der Waals surface area contributed by atoms with Crippen LogP contribution >= 0.6 is 0 Å². The molecule has 0 atom stereocenters. The summed E-state index contributed by atoms with van der Waals surface area (Å²) in [6.45, 7) is 1.98. The number of nitrogens with one attached hydrogen (secondary N) is 1. The maximum Gasteiger partial charge on any atom is 0.132 e. The summed E-state index contributed by atoms with van der Waals surface area (Å²) in [5.41, 5.74) is 2.75. The fourth-order valence-corrected chi connectivity index (χ4v) is 1.50. The summed E-state index contributed by atoms with van der Waals surface area (Å²) in [5.74, 6) is 0.839. The highest BCUT2D eigenvalue weighted by atomic mass is 15.2. The molecule has 1 N–H and O–H groups in total. The highest BCUT2D eigenvalue weighted by molar-refractivity contribution is 5.64. The first-order chi connectivity index (χ1) is 7.22. The van der Waals surface area contributed by atoms with Crippen molar-refractivity contribution in [1.82, 2.24) is 19.7 Å². The lowest BCUT2D eigenvalue weighted by Crippen LogP contribution is -2.00. The van der Waals surface area contributed by atoms with Crippen LogP contribution in [0.4, 0.5) is 5.82 Å². The van der Waals surface area contributed by atoms with Gasteiger partial charge in [-0.1, -0.05) is 0 Å². The van der Waals surface area contributed by atoms with Gasteiger partial charge in [0.2, 0.25) is 0 Å². The van der Waals surface area contributed by atoms with Crippen molar-refractivity contribution in [3.05, 3.63) is 24.2 Å². The average molecular weight is 203 g/mol. The molecule has 0 aromatic carbocycles. The van der Waals surface area contributed by atoms with Crippen LogP contribution in [0.15, 0.2) is 18.6 Å². The lowest BCUT2D eigenvalue weighted by molar-refractivity contribution is 0.769. The van der Waals surface area contributed by atoms with E-state index in [1.165, 1.54) is 0 Å². The molecule has 2 heterocycles. The summed E-state index contributed by atoms with van der Waals surface area (Å²) < 4.78 is 1.76. The maximum absolute atomic E-state index is 4.32. The molecule has 0 saturated carbocycles. The second-order valence-electron chi connectivity index (χ2n) is 3.32. The number of aryl methyl sites for hydroxylation is 1. The minimum atomic E-state index is 0.839. The Labute approximate surface area is 88.2 Å². The third kappa shape index (κ3) is 1.68. The molecule has 15 heavy (non-hydrogen) atoms. The molecule has 0 aliphatic carbocycles. The first-order valence-corrected chi connectivity index (χ1v) is 4.71.